The molecule has 31 heavy (non-hydrogen) atoms. The number of allylic oxidation sites excluding steroid dienone is 2. The summed E-state index contributed by atoms with van der Waals surface area (Å²) in [7, 11) is 1.77. The molecule has 0 aromatic heterocycles. The number of rotatable bonds is 6. The van der Waals surface area contributed by atoms with Gasteiger partial charge in [0.05, 0.1) is 17.9 Å². The van der Waals surface area contributed by atoms with Gasteiger partial charge in [-0.3, -0.25) is 19.5 Å². The summed E-state index contributed by atoms with van der Waals surface area (Å²) in [5.74, 6) is 1.65. The fourth-order valence-electron chi connectivity index (χ4n) is 6.09. The van der Waals surface area contributed by atoms with Gasteiger partial charge in [0.1, 0.15) is 0 Å². The number of guanidine groups is 1. The van der Waals surface area contributed by atoms with Crippen molar-refractivity contribution >= 4 is 17.8 Å². The first-order valence-electron chi connectivity index (χ1n) is 11.9. The zero-order valence-corrected chi connectivity index (χ0v) is 19.4. The zero-order chi connectivity index (χ0) is 22.2. The molecule has 172 valence electrons. The Hall–Kier alpha value is -1.89. The van der Waals surface area contributed by atoms with Crippen molar-refractivity contribution in [3.05, 3.63) is 12.2 Å². The maximum atomic E-state index is 12.8. The smallest absolute Gasteiger partial charge is 0.233 e. The number of carbonyl (C=O) groups excluding carboxylic acids is 2. The number of hydrogen-bond acceptors (Lipinski definition) is 4. The molecular formula is C24H38N4O3. The van der Waals surface area contributed by atoms with Crippen molar-refractivity contribution in [1.82, 2.24) is 15.5 Å². The van der Waals surface area contributed by atoms with Crippen LogP contribution in [0.3, 0.4) is 0 Å². The van der Waals surface area contributed by atoms with Crippen LogP contribution < -0.4 is 10.6 Å². The molecule has 6 unspecified atom stereocenters. The average molecular weight is 431 g/mol. The highest BCUT2D eigenvalue weighted by Gasteiger charge is 2.58. The van der Waals surface area contributed by atoms with E-state index in [4.69, 9.17) is 4.74 Å². The minimum Gasteiger partial charge on any atom is -0.377 e. The quantitative estimate of drug-likeness (QED) is 0.222. The standard InChI is InChI=1S/C24H38N4O3/c1-24(2,3)20-17(7-5-12-31-20)14-27-23(25-4)26-10-6-11-28-21(29)18-15-8-9-16(13-15)19(18)22(28)30/h8-9,15-20H,5-7,10-14H2,1-4H3,(H2,25,26,27). The Morgan fingerprint density at radius 2 is 1.84 bits per heavy atom. The van der Waals surface area contributed by atoms with Crippen LogP contribution in [-0.4, -0.2) is 62.1 Å². The Bertz CT molecular complexity index is 726. The SMILES string of the molecule is CN=C(NCCCN1C(=O)C2C3C=CC(C3)C2C1=O)NCC1CCCOC1C(C)(C)C. The Kier molecular flexibility index (Phi) is 6.42. The van der Waals surface area contributed by atoms with Gasteiger partial charge in [-0.05, 0) is 42.9 Å². The first kappa shape index (κ1) is 22.3. The van der Waals surface area contributed by atoms with E-state index < -0.39 is 0 Å². The Labute approximate surface area is 186 Å². The molecule has 6 atom stereocenters. The highest BCUT2D eigenvalue weighted by atomic mass is 16.5. The van der Waals surface area contributed by atoms with Crippen LogP contribution in [-0.2, 0) is 14.3 Å². The van der Waals surface area contributed by atoms with Crippen molar-refractivity contribution in [1.29, 1.82) is 0 Å². The van der Waals surface area contributed by atoms with Crippen LogP contribution in [0.4, 0.5) is 0 Å². The summed E-state index contributed by atoms with van der Waals surface area (Å²) in [6.45, 7) is 9.53. The maximum absolute atomic E-state index is 12.8. The molecule has 3 fully saturated rings. The van der Waals surface area contributed by atoms with Crippen molar-refractivity contribution in [2.45, 2.75) is 52.6 Å². The van der Waals surface area contributed by atoms with Crippen LogP contribution in [0.1, 0.15) is 46.5 Å². The van der Waals surface area contributed by atoms with Crippen LogP contribution in [0.5, 0.6) is 0 Å². The normalized spacial score (nSPS) is 35.1. The maximum Gasteiger partial charge on any atom is 0.233 e. The van der Waals surface area contributed by atoms with Crippen LogP contribution in [0.25, 0.3) is 0 Å². The molecule has 4 rings (SSSR count). The number of fused-ring (bicyclic) bond motifs is 5. The molecule has 1 saturated carbocycles. The van der Waals surface area contributed by atoms with Crippen LogP contribution >= 0.6 is 0 Å². The first-order chi connectivity index (χ1) is 14.8. The molecule has 4 aliphatic rings. The summed E-state index contributed by atoms with van der Waals surface area (Å²) >= 11 is 0. The van der Waals surface area contributed by atoms with Crippen molar-refractivity contribution < 1.29 is 14.3 Å². The molecule has 7 nitrogen and oxygen atoms in total. The van der Waals surface area contributed by atoms with E-state index in [1.54, 1.807) is 7.05 Å². The summed E-state index contributed by atoms with van der Waals surface area (Å²) in [5, 5.41) is 6.78. The molecule has 2 N–H and O–H groups in total. The van der Waals surface area contributed by atoms with Crippen molar-refractivity contribution in [2.75, 3.05) is 33.3 Å². The van der Waals surface area contributed by atoms with Crippen LogP contribution in [0.2, 0.25) is 0 Å². The fourth-order valence-corrected chi connectivity index (χ4v) is 6.09. The lowest BCUT2D eigenvalue weighted by molar-refractivity contribution is -0.140. The molecule has 2 aliphatic carbocycles. The van der Waals surface area contributed by atoms with E-state index in [-0.39, 0.29) is 47.0 Å². The van der Waals surface area contributed by atoms with E-state index >= 15 is 0 Å². The topological polar surface area (TPSA) is 83.0 Å². The summed E-state index contributed by atoms with van der Waals surface area (Å²) in [4.78, 5) is 31.4. The lowest BCUT2D eigenvalue weighted by atomic mass is 9.78. The molecule has 2 amide bonds. The largest absolute Gasteiger partial charge is 0.377 e. The summed E-state index contributed by atoms with van der Waals surface area (Å²) in [6, 6.07) is 0. The van der Waals surface area contributed by atoms with E-state index in [1.165, 1.54) is 4.90 Å². The third-order valence-electron chi connectivity index (χ3n) is 7.47. The van der Waals surface area contributed by atoms with Gasteiger partial charge < -0.3 is 15.4 Å². The predicted octanol–water partition coefficient (Wildman–Crippen LogP) is 2.19. The summed E-state index contributed by atoms with van der Waals surface area (Å²) < 4.78 is 6.07. The van der Waals surface area contributed by atoms with Crippen LogP contribution in [0.15, 0.2) is 17.1 Å². The van der Waals surface area contributed by atoms with Crippen molar-refractivity contribution in [3.63, 3.8) is 0 Å². The van der Waals surface area contributed by atoms with E-state index in [0.717, 1.165) is 44.8 Å². The number of hydrogen-bond donors (Lipinski definition) is 2. The number of amides is 2. The zero-order valence-electron chi connectivity index (χ0n) is 19.4. The summed E-state index contributed by atoms with van der Waals surface area (Å²) in [6.07, 6.45) is 8.47. The van der Waals surface area contributed by atoms with Gasteiger partial charge in [0.15, 0.2) is 5.96 Å². The molecule has 2 heterocycles. The number of ether oxygens (including phenoxy) is 1. The van der Waals surface area contributed by atoms with E-state index in [1.807, 2.05) is 0 Å². The molecule has 2 aliphatic heterocycles. The van der Waals surface area contributed by atoms with E-state index in [2.05, 4.69) is 48.5 Å². The molecule has 0 aromatic rings. The molecule has 0 spiro atoms. The minimum absolute atomic E-state index is 0.0416. The summed E-state index contributed by atoms with van der Waals surface area (Å²) in [5.41, 5.74) is 0.117. The van der Waals surface area contributed by atoms with E-state index in [0.29, 0.717) is 19.0 Å². The Balaban J connectivity index is 1.21. The number of nitrogens with zero attached hydrogens (tertiary/aromatic N) is 2. The number of nitrogens with one attached hydrogen (secondary N) is 2. The number of imide groups is 1. The predicted molar refractivity (Wildman–Crippen MR) is 120 cm³/mol. The fraction of sp³-hybridized carbons (Fsp3) is 0.792. The number of carbonyl (C=O) groups is 2. The Morgan fingerprint density at radius 1 is 1.16 bits per heavy atom. The van der Waals surface area contributed by atoms with Gasteiger partial charge in [-0.1, -0.05) is 32.9 Å². The Morgan fingerprint density at radius 3 is 2.45 bits per heavy atom. The van der Waals surface area contributed by atoms with Crippen molar-refractivity contribution in [3.8, 4) is 0 Å². The monoisotopic (exact) mass is 430 g/mol. The molecule has 0 radical (unpaired) electrons. The van der Waals surface area contributed by atoms with Gasteiger partial charge >= 0.3 is 0 Å². The third-order valence-corrected chi connectivity index (χ3v) is 7.47. The van der Waals surface area contributed by atoms with Gasteiger partial charge in [-0.2, -0.15) is 0 Å². The average Bonchev–Trinajstić information content (AvgIpc) is 3.42. The van der Waals surface area contributed by atoms with Gasteiger partial charge in [-0.25, -0.2) is 0 Å². The highest BCUT2D eigenvalue weighted by molar-refractivity contribution is 6.06. The van der Waals surface area contributed by atoms with Crippen molar-refractivity contribution in [2.24, 2.45) is 40.0 Å². The molecule has 7 heteroatoms. The second kappa shape index (κ2) is 8.93. The van der Waals surface area contributed by atoms with Gasteiger partial charge in [-0.15, -0.1) is 0 Å². The third kappa shape index (κ3) is 4.38. The van der Waals surface area contributed by atoms with Gasteiger partial charge in [0, 0.05) is 39.2 Å². The highest BCUT2D eigenvalue weighted by Crippen LogP contribution is 2.52. The van der Waals surface area contributed by atoms with Crippen LogP contribution in [0, 0.1) is 35.0 Å². The molecular weight excluding hydrogens is 392 g/mol. The second-order valence-electron chi connectivity index (χ2n) is 10.6. The second-order valence-corrected chi connectivity index (χ2v) is 10.6. The lowest BCUT2D eigenvalue weighted by Crippen LogP contribution is -2.47. The van der Waals surface area contributed by atoms with E-state index in [9.17, 15) is 9.59 Å². The number of likely N-dealkylation sites (tertiary alicyclic amines) is 1. The van der Waals surface area contributed by atoms with Gasteiger partial charge in [0.25, 0.3) is 0 Å². The minimum atomic E-state index is -0.0987. The van der Waals surface area contributed by atoms with Gasteiger partial charge in [0.2, 0.25) is 11.8 Å². The lowest BCUT2D eigenvalue weighted by Gasteiger charge is -2.40. The molecule has 0 aromatic carbocycles. The molecule has 2 saturated heterocycles. The number of aliphatic imine (C=N–C) groups is 1. The first-order valence-corrected chi connectivity index (χ1v) is 11.9. The molecule has 2 bridgehead atoms.